The van der Waals surface area contributed by atoms with Gasteiger partial charge in [-0.1, -0.05) is 32.9 Å². The summed E-state index contributed by atoms with van der Waals surface area (Å²) in [5.74, 6) is -0.166. The topological polar surface area (TPSA) is 158 Å². The Morgan fingerprint density at radius 3 is 2.27 bits per heavy atom. The molecule has 2 heterocycles. The fourth-order valence-electron chi connectivity index (χ4n) is 4.11. The van der Waals surface area contributed by atoms with Crippen molar-refractivity contribution in [3.63, 3.8) is 0 Å². The molecule has 2 aromatic rings. The second-order valence-corrected chi connectivity index (χ2v) is 12.7. The first-order chi connectivity index (χ1) is 17.2. The van der Waals surface area contributed by atoms with Gasteiger partial charge < -0.3 is 24.8 Å². The number of carboxylic acids is 1. The molecule has 0 aliphatic heterocycles. The maximum absolute atomic E-state index is 14.3. The van der Waals surface area contributed by atoms with Crippen LogP contribution in [-0.4, -0.2) is 65.5 Å². The SMILES string of the molecule is CC(C)CC(CC(C)C)=NOP(=O)(CO[C@H](C)Cn1cnc2c(N)ncnc21)N(C(C)C)[C@@H](C)C(=O)O. The Hall–Kier alpha value is -2.56. The number of aliphatic carboxylic acids is 1. The van der Waals surface area contributed by atoms with Crippen molar-refractivity contribution in [2.24, 2.45) is 17.0 Å². The molecule has 37 heavy (non-hydrogen) atoms. The third kappa shape index (κ3) is 8.48. The molecule has 3 N–H and O–H groups in total. The van der Waals surface area contributed by atoms with Crippen LogP contribution in [0.2, 0.25) is 0 Å². The first-order valence-electron chi connectivity index (χ1n) is 12.6. The van der Waals surface area contributed by atoms with Crippen LogP contribution in [0.25, 0.3) is 11.2 Å². The van der Waals surface area contributed by atoms with E-state index in [0.29, 0.717) is 42.4 Å². The van der Waals surface area contributed by atoms with Crippen molar-refractivity contribution in [3.05, 3.63) is 12.7 Å². The lowest BCUT2D eigenvalue weighted by molar-refractivity contribution is -0.141. The zero-order valence-electron chi connectivity index (χ0n) is 23.2. The summed E-state index contributed by atoms with van der Waals surface area (Å²) in [4.78, 5) is 24.3. The summed E-state index contributed by atoms with van der Waals surface area (Å²) in [6.07, 6.45) is 3.55. The molecule has 0 bridgehead atoms. The Balaban J connectivity index is 2.31. The molecule has 0 radical (unpaired) electrons. The van der Waals surface area contributed by atoms with E-state index in [-0.39, 0.29) is 12.2 Å². The number of nitrogen functional groups attached to an aromatic ring is 1. The zero-order chi connectivity index (χ0) is 27.9. The van der Waals surface area contributed by atoms with Crippen LogP contribution in [0.4, 0.5) is 5.82 Å². The van der Waals surface area contributed by atoms with Crippen LogP contribution in [0.1, 0.15) is 68.2 Å². The van der Waals surface area contributed by atoms with Gasteiger partial charge in [0.2, 0.25) is 0 Å². The molecule has 2 rings (SSSR count). The minimum absolute atomic E-state index is 0.280. The van der Waals surface area contributed by atoms with Gasteiger partial charge in [0.1, 0.15) is 24.2 Å². The average Bonchev–Trinajstić information content (AvgIpc) is 3.19. The standard InChI is InChI=1S/C24H42N7O5P/c1-15(2)9-20(10-16(3)4)29-36-37(34,31(17(5)6)19(8)24(32)33)14-35-18(7)11-30-13-28-21-22(25)26-12-27-23(21)30/h12-13,15-19H,9-11,14H2,1-8H3,(H,32,33)(H2,25,26,27)/t18-,19+,37?/m1/s1. The number of nitrogens with zero attached hydrogens (tertiary/aromatic N) is 6. The van der Waals surface area contributed by atoms with Crippen molar-refractivity contribution >= 4 is 36.2 Å². The normalized spacial score (nSPS) is 15.4. The number of hydrogen-bond donors (Lipinski definition) is 2. The van der Waals surface area contributed by atoms with Gasteiger partial charge in [0.15, 0.2) is 11.5 Å². The quantitative estimate of drug-likeness (QED) is 0.186. The van der Waals surface area contributed by atoms with Crippen molar-refractivity contribution in [2.75, 3.05) is 12.1 Å². The summed E-state index contributed by atoms with van der Waals surface area (Å²) in [5.41, 5.74) is 7.70. The largest absolute Gasteiger partial charge is 0.480 e. The summed E-state index contributed by atoms with van der Waals surface area (Å²) in [5, 5.41) is 14.0. The number of carboxylic acid groups (broad SMARTS) is 1. The van der Waals surface area contributed by atoms with Gasteiger partial charge in [0.25, 0.3) is 0 Å². The van der Waals surface area contributed by atoms with Crippen LogP contribution in [-0.2, 0) is 25.3 Å². The lowest BCUT2D eigenvalue weighted by Crippen LogP contribution is -2.42. The van der Waals surface area contributed by atoms with Crippen molar-refractivity contribution in [1.82, 2.24) is 24.2 Å². The molecular weight excluding hydrogens is 497 g/mol. The van der Waals surface area contributed by atoms with Crippen LogP contribution in [0.15, 0.2) is 17.8 Å². The van der Waals surface area contributed by atoms with E-state index in [0.717, 1.165) is 5.71 Å². The molecule has 12 nitrogen and oxygen atoms in total. The van der Waals surface area contributed by atoms with Crippen LogP contribution in [0, 0.1) is 11.8 Å². The van der Waals surface area contributed by atoms with E-state index in [1.807, 2.05) is 6.92 Å². The molecule has 13 heteroatoms. The van der Waals surface area contributed by atoms with E-state index >= 15 is 0 Å². The second-order valence-electron chi connectivity index (χ2n) is 10.5. The van der Waals surface area contributed by atoms with Crippen molar-refractivity contribution < 1.29 is 23.8 Å². The molecule has 1 unspecified atom stereocenters. The minimum atomic E-state index is -3.86. The van der Waals surface area contributed by atoms with E-state index < -0.39 is 31.7 Å². The van der Waals surface area contributed by atoms with Gasteiger partial charge >= 0.3 is 13.5 Å². The van der Waals surface area contributed by atoms with Gasteiger partial charge in [0, 0.05) is 6.04 Å². The Morgan fingerprint density at radius 1 is 1.11 bits per heavy atom. The maximum atomic E-state index is 14.3. The molecule has 0 aliphatic rings. The number of anilines is 1. The summed E-state index contributed by atoms with van der Waals surface area (Å²) in [7, 11) is -3.86. The molecule has 0 amide bonds. The van der Waals surface area contributed by atoms with Gasteiger partial charge in [0.05, 0.1) is 24.7 Å². The molecule has 3 atom stereocenters. The molecule has 0 saturated heterocycles. The molecule has 0 spiro atoms. The van der Waals surface area contributed by atoms with Gasteiger partial charge in [-0.3, -0.25) is 9.36 Å². The maximum Gasteiger partial charge on any atom is 0.367 e. The molecule has 0 aliphatic carbocycles. The summed E-state index contributed by atoms with van der Waals surface area (Å²) >= 11 is 0. The predicted molar refractivity (Wildman–Crippen MR) is 144 cm³/mol. The van der Waals surface area contributed by atoms with Crippen molar-refractivity contribution in [1.29, 1.82) is 0 Å². The number of aromatic nitrogens is 4. The van der Waals surface area contributed by atoms with Gasteiger partial charge in [-0.25, -0.2) is 19.6 Å². The minimum Gasteiger partial charge on any atom is -0.480 e. The van der Waals surface area contributed by atoms with Crippen LogP contribution < -0.4 is 5.73 Å². The van der Waals surface area contributed by atoms with E-state index in [1.54, 1.807) is 24.7 Å². The predicted octanol–water partition coefficient (Wildman–Crippen LogP) is 4.61. The number of oxime groups is 1. The number of rotatable bonds is 15. The van der Waals surface area contributed by atoms with Crippen molar-refractivity contribution in [3.8, 4) is 0 Å². The lowest BCUT2D eigenvalue weighted by atomic mass is 9.99. The second kappa shape index (κ2) is 13.3. The van der Waals surface area contributed by atoms with E-state index in [2.05, 4.69) is 47.8 Å². The number of ether oxygens (including phenoxy) is 1. The van der Waals surface area contributed by atoms with Crippen molar-refractivity contribution in [2.45, 2.75) is 93.0 Å². The molecule has 0 aromatic carbocycles. The average molecular weight is 540 g/mol. The highest BCUT2D eigenvalue weighted by molar-refractivity contribution is 7.56. The first-order valence-corrected chi connectivity index (χ1v) is 14.4. The molecule has 0 saturated carbocycles. The fraction of sp³-hybridized carbons (Fsp3) is 0.708. The summed E-state index contributed by atoms with van der Waals surface area (Å²) < 4.78 is 29.2. The van der Waals surface area contributed by atoms with Gasteiger partial charge in [-0.15, -0.1) is 0 Å². The van der Waals surface area contributed by atoms with Crippen LogP contribution >= 0.6 is 7.52 Å². The lowest BCUT2D eigenvalue weighted by Gasteiger charge is -2.35. The molecule has 2 aromatic heterocycles. The van der Waals surface area contributed by atoms with E-state index in [1.165, 1.54) is 17.9 Å². The molecule has 0 fully saturated rings. The Morgan fingerprint density at radius 2 is 1.73 bits per heavy atom. The summed E-state index contributed by atoms with van der Waals surface area (Å²) in [6, 6.07) is -1.47. The van der Waals surface area contributed by atoms with Crippen LogP contribution in [0.3, 0.4) is 0 Å². The fourth-order valence-corrected chi connectivity index (χ4v) is 6.39. The Bertz CT molecular complexity index is 1110. The highest BCUT2D eigenvalue weighted by Crippen LogP contribution is 2.54. The number of carbonyl (C=O) groups is 1. The Labute approximate surface area is 219 Å². The highest BCUT2D eigenvalue weighted by atomic mass is 31.2. The van der Waals surface area contributed by atoms with E-state index in [4.69, 9.17) is 15.1 Å². The van der Waals surface area contributed by atoms with Gasteiger partial charge in [-0.2, -0.15) is 0 Å². The number of hydrogen-bond acceptors (Lipinski definition) is 9. The third-order valence-electron chi connectivity index (χ3n) is 5.63. The highest BCUT2D eigenvalue weighted by Gasteiger charge is 2.42. The van der Waals surface area contributed by atoms with Gasteiger partial charge in [-0.05, 0) is 52.4 Å². The zero-order valence-corrected chi connectivity index (χ0v) is 24.1. The number of imidazole rings is 1. The number of nitrogens with two attached hydrogens (primary N) is 1. The monoisotopic (exact) mass is 539 g/mol. The summed E-state index contributed by atoms with van der Waals surface area (Å²) in [6.45, 7) is 15.5. The third-order valence-corrected chi connectivity index (χ3v) is 7.95. The smallest absolute Gasteiger partial charge is 0.367 e. The Kier molecular flexibility index (Phi) is 11.0. The van der Waals surface area contributed by atoms with Crippen LogP contribution in [0.5, 0.6) is 0 Å². The molecule has 208 valence electrons. The number of fused-ring (bicyclic) bond motifs is 1. The van der Waals surface area contributed by atoms with E-state index in [9.17, 15) is 14.5 Å². The molecular formula is C24H42N7O5P. The first kappa shape index (κ1) is 30.7.